The van der Waals surface area contributed by atoms with E-state index < -0.39 is 0 Å². The van der Waals surface area contributed by atoms with Gasteiger partial charge in [0.05, 0.1) is 33.1 Å². The maximum atomic E-state index is 2.48. The van der Waals surface area contributed by atoms with Gasteiger partial charge in [-0.1, -0.05) is 140 Å². The molecule has 0 saturated heterocycles. The third kappa shape index (κ3) is 4.79. The lowest BCUT2D eigenvalue weighted by Crippen LogP contribution is -1.98. The van der Waals surface area contributed by atoms with Gasteiger partial charge in [0, 0.05) is 49.4 Å². The van der Waals surface area contributed by atoms with E-state index in [1.807, 2.05) is 0 Å². The Bertz CT molecular complexity index is 3500. The van der Waals surface area contributed by atoms with Gasteiger partial charge >= 0.3 is 0 Å². The van der Waals surface area contributed by atoms with Gasteiger partial charge < -0.3 is 13.7 Å². The van der Waals surface area contributed by atoms with Crippen molar-refractivity contribution in [2.24, 2.45) is 0 Å². The van der Waals surface area contributed by atoms with E-state index in [4.69, 9.17) is 0 Å². The lowest BCUT2D eigenvalue weighted by atomic mass is 10.0. The molecule has 0 aliphatic carbocycles. The van der Waals surface area contributed by atoms with Gasteiger partial charge in [-0.25, -0.2) is 0 Å². The number of aromatic nitrogens is 3. The Morgan fingerprint density at radius 2 is 0.614 bits per heavy atom. The molecule has 3 nitrogen and oxygen atoms in total. The second kappa shape index (κ2) is 12.5. The van der Waals surface area contributed by atoms with Crippen LogP contribution in [0.5, 0.6) is 0 Å². The number of hydrogen-bond acceptors (Lipinski definition) is 0. The minimum absolute atomic E-state index is 1.14. The van der Waals surface area contributed by atoms with Crippen LogP contribution >= 0.6 is 0 Å². The molecule has 0 saturated carbocycles. The topological polar surface area (TPSA) is 14.8 Å². The summed E-state index contributed by atoms with van der Waals surface area (Å²) in [4.78, 5) is 0. The van der Waals surface area contributed by atoms with Gasteiger partial charge in [0.25, 0.3) is 0 Å². The van der Waals surface area contributed by atoms with Crippen LogP contribution in [-0.4, -0.2) is 13.7 Å². The molecule has 12 aromatic rings. The van der Waals surface area contributed by atoms with Crippen molar-refractivity contribution in [2.75, 3.05) is 0 Å². The molecule has 9 aromatic carbocycles. The number of rotatable bonds is 5. The molecular formula is C54H35N3. The number of nitrogens with zero attached hydrogens (tertiary/aromatic N) is 3. The first-order valence-electron chi connectivity index (χ1n) is 19.6. The van der Waals surface area contributed by atoms with Crippen LogP contribution in [-0.2, 0) is 0 Å². The molecule has 0 amide bonds. The third-order valence-corrected chi connectivity index (χ3v) is 11.8. The van der Waals surface area contributed by atoms with Crippen molar-refractivity contribution in [1.29, 1.82) is 0 Å². The van der Waals surface area contributed by atoms with Crippen LogP contribution in [0.4, 0.5) is 0 Å². The Kier molecular flexibility index (Phi) is 6.93. The molecule has 12 rings (SSSR count). The van der Waals surface area contributed by atoms with Gasteiger partial charge in [0.1, 0.15) is 0 Å². The molecule has 3 aromatic heterocycles. The fourth-order valence-corrected chi connectivity index (χ4v) is 9.31. The fourth-order valence-electron chi connectivity index (χ4n) is 9.31. The van der Waals surface area contributed by atoms with Crippen LogP contribution in [0.1, 0.15) is 0 Å². The van der Waals surface area contributed by atoms with E-state index >= 15 is 0 Å². The molecule has 57 heavy (non-hydrogen) atoms. The van der Waals surface area contributed by atoms with Crippen molar-refractivity contribution in [3.05, 3.63) is 212 Å². The van der Waals surface area contributed by atoms with E-state index in [-0.39, 0.29) is 0 Å². The highest BCUT2D eigenvalue weighted by molar-refractivity contribution is 6.24. The number of para-hydroxylation sites is 4. The Morgan fingerprint density at radius 1 is 0.211 bits per heavy atom. The first-order valence-corrected chi connectivity index (χ1v) is 19.6. The molecule has 0 bridgehead atoms. The maximum absolute atomic E-state index is 2.48. The summed E-state index contributed by atoms with van der Waals surface area (Å²) in [6, 6.07) is 77.4. The second-order valence-electron chi connectivity index (χ2n) is 14.9. The summed E-state index contributed by atoms with van der Waals surface area (Å²) in [6.07, 6.45) is 0. The molecule has 3 heteroatoms. The van der Waals surface area contributed by atoms with Crippen LogP contribution in [0, 0.1) is 0 Å². The molecule has 0 unspecified atom stereocenters. The zero-order chi connectivity index (χ0) is 37.5. The van der Waals surface area contributed by atoms with E-state index in [1.165, 1.54) is 93.4 Å². The minimum Gasteiger partial charge on any atom is -0.309 e. The summed E-state index contributed by atoms with van der Waals surface area (Å²) in [7, 11) is 0. The zero-order valence-corrected chi connectivity index (χ0v) is 31.0. The van der Waals surface area contributed by atoms with E-state index in [2.05, 4.69) is 226 Å². The minimum atomic E-state index is 1.14. The first kappa shape index (κ1) is 31.7. The first-order chi connectivity index (χ1) is 28.3. The predicted octanol–water partition coefficient (Wildman–Crippen LogP) is 14.3. The molecule has 3 heterocycles. The van der Waals surface area contributed by atoms with Crippen LogP contribution in [0.25, 0.3) is 105 Å². The van der Waals surface area contributed by atoms with Gasteiger partial charge in [-0.3, -0.25) is 0 Å². The average molecular weight is 726 g/mol. The standard InChI is InChI=1S/C54H35N3/c1-4-15-36(16-5-1)37-17-14-22-42(33-37)57-50-26-13-10-23-43(50)45-29-30-46-48-35-39(28-32-52(48)56(54(46)53(45)57)41-20-8-3-9-21-41)38-27-31-51-47(34-38)44-24-11-12-25-49(44)55(51)40-18-6-2-7-19-40/h1-35H. The molecule has 0 radical (unpaired) electrons. The Labute approximate surface area is 329 Å². The Morgan fingerprint density at radius 3 is 1.26 bits per heavy atom. The van der Waals surface area contributed by atoms with Gasteiger partial charge in [-0.15, -0.1) is 0 Å². The monoisotopic (exact) mass is 725 g/mol. The summed E-state index contributed by atoms with van der Waals surface area (Å²) >= 11 is 0. The van der Waals surface area contributed by atoms with Crippen LogP contribution in [0.3, 0.4) is 0 Å². The van der Waals surface area contributed by atoms with Crippen molar-refractivity contribution in [1.82, 2.24) is 13.7 Å². The zero-order valence-electron chi connectivity index (χ0n) is 31.0. The van der Waals surface area contributed by atoms with Crippen LogP contribution in [0.2, 0.25) is 0 Å². The molecule has 0 aliphatic heterocycles. The van der Waals surface area contributed by atoms with Crippen molar-refractivity contribution in [3.8, 4) is 39.3 Å². The van der Waals surface area contributed by atoms with E-state index in [0.717, 1.165) is 11.4 Å². The predicted molar refractivity (Wildman–Crippen MR) is 240 cm³/mol. The summed E-state index contributed by atoms with van der Waals surface area (Å²) in [5, 5.41) is 7.45. The fraction of sp³-hybridized carbons (Fsp3) is 0. The highest BCUT2D eigenvalue weighted by Crippen LogP contribution is 2.43. The number of benzene rings is 9. The lowest BCUT2D eigenvalue weighted by molar-refractivity contribution is 1.15. The van der Waals surface area contributed by atoms with Crippen molar-refractivity contribution in [2.45, 2.75) is 0 Å². The highest BCUT2D eigenvalue weighted by atomic mass is 15.0. The molecular weight excluding hydrogens is 691 g/mol. The van der Waals surface area contributed by atoms with Crippen molar-refractivity contribution in [3.63, 3.8) is 0 Å². The summed E-state index contributed by atoms with van der Waals surface area (Å²) in [6.45, 7) is 0. The third-order valence-electron chi connectivity index (χ3n) is 11.8. The molecule has 0 N–H and O–H groups in total. The quantitative estimate of drug-likeness (QED) is 0.168. The smallest absolute Gasteiger partial charge is 0.0788 e. The molecule has 0 atom stereocenters. The van der Waals surface area contributed by atoms with Crippen molar-refractivity contribution >= 4 is 65.4 Å². The Balaban J connectivity index is 1.14. The van der Waals surface area contributed by atoms with Gasteiger partial charge in [-0.2, -0.15) is 0 Å². The second-order valence-corrected chi connectivity index (χ2v) is 14.9. The highest BCUT2D eigenvalue weighted by Gasteiger charge is 2.22. The summed E-state index contributed by atoms with van der Waals surface area (Å²) in [5.74, 6) is 0. The van der Waals surface area contributed by atoms with Crippen LogP contribution in [0.15, 0.2) is 212 Å². The van der Waals surface area contributed by atoms with Gasteiger partial charge in [-0.05, 0) is 95.1 Å². The lowest BCUT2D eigenvalue weighted by Gasteiger charge is -2.13. The largest absolute Gasteiger partial charge is 0.309 e. The van der Waals surface area contributed by atoms with E-state index in [0.29, 0.717) is 0 Å². The van der Waals surface area contributed by atoms with Crippen molar-refractivity contribution < 1.29 is 0 Å². The summed E-state index contributed by atoms with van der Waals surface area (Å²) < 4.78 is 7.34. The normalized spacial score (nSPS) is 11.9. The SMILES string of the molecule is c1ccc(-c2cccc(-n3c4ccccc4c4ccc5c6cc(-c7ccc8c(c7)c7ccccc7n8-c7ccccc7)ccc6n(-c6ccccc6)c5c43)c2)cc1. The van der Waals surface area contributed by atoms with E-state index in [9.17, 15) is 0 Å². The number of fused-ring (bicyclic) bond motifs is 10. The number of hydrogen-bond donors (Lipinski definition) is 0. The van der Waals surface area contributed by atoms with Gasteiger partial charge in [0.15, 0.2) is 0 Å². The maximum Gasteiger partial charge on any atom is 0.0788 e. The van der Waals surface area contributed by atoms with Gasteiger partial charge in [0.2, 0.25) is 0 Å². The van der Waals surface area contributed by atoms with Crippen LogP contribution < -0.4 is 0 Å². The Hall–Kier alpha value is -7.62. The molecule has 0 fully saturated rings. The summed E-state index contributed by atoms with van der Waals surface area (Å²) in [5.41, 5.74) is 15.5. The average Bonchev–Trinajstić information content (AvgIpc) is 3.92. The molecule has 266 valence electrons. The molecule has 0 spiro atoms. The van der Waals surface area contributed by atoms with E-state index in [1.54, 1.807) is 0 Å². The molecule has 0 aliphatic rings.